The first-order chi connectivity index (χ1) is 13.1. The summed E-state index contributed by atoms with van der Waals surface area (Å²) in [6.07, 6.45) is 2.88. The Morgan fingerprint density at radius 2 is 2.07 bits per heavy atom. The smallest absolute Gasteiger partial charge is 0.256 e. The van der Waals surface area contributed by atoms with E-state index in [-0.39, 0.29) is 23.9 Å². The lowest BCUT2D eigenvalue weighted by Gasteiger charge is -2.23. The van der Waals surface area contributed by atoms with E-state index in [1.165, 1.54) is 11.8 Å². The van der Waals surface area contributed by atoms with Crippen molar-refractivity contribution in [3.05, 3.63) is 53.4 Å². The van der Waals surface area contributed by atoms with E-state index in [0.717, 1.165) is 13.0 Å². The SMILES string of the molecule is CCNC(=O)[C@@H]1C[C@@H](NC(=O)c2cnoc2C)CN1CCc1ccccc1. The molecule has 0 unspecified atom stereocenters. The van der Waals surface area contributed by atoms with Crippen molar-refractivity contribution in [2.24, 2.45) is 0 Å². The molecule has 2 amide bonds. The van der Waals surface area contributed by atoms with Crippen molar-refractivity contribution in [2.75, 3.05) is 19.6 Å². The van der Waals surface area contributed by atoms with Crippen molar-refractivity contribution >= 4 is 11.8 Å². The molecule has 7 nitrogen and oxygen atoms in total. The predicted octanol–water partition coefficient (Wildman–Crippen LogP) is 1.53. The van der Waals surface area contributed by atoms with E-state index >= 15 is 0 Å². The third kappa shape index (κ3) is 4.74. The first kappa shape index (κ1) is 19.1. The minimum Gasteiger partial charge on any atom is -0.361 e. The summed E-state index contributed by atoms with van der Waals surface area (Å²) in [5.41, 5.74) is 1.67. The van der Waals surface area contributed by atoms with Gasteiger partial charge in [0.15, 0.2) is 0 Å². The standard InChI is InChI=1S/C20H26N4O3/c1-3-21-20(26)18-11-16(23-19(25)17-12-22-27-14(17)2)13-24(18)10-9-15-7-5-4-6-8-15/h4-8,12,16,18H,3,9-11,13H2,1-2H3,(H,21,26)(H,23,25)/t16-,18+/m1/s1. The van der Waals surface area contributed by atoms with Gasteiger partial charge in [-0.05, 0) is 32.3 Å². The van der Waals surface area contributed by atoms with Gasteiger partial charge in [0.25, 0.3) is 5.91 Å². The highest BCUT2D eigenvalue weighted by Gasteiger charge is 2.37. The van der Waals surface area contributed by atoms with Crippen molar-refractivity contribution in [3.63, 3.8) is 0 Å². The molecule has 0 saturated carbocycles. The Balaban J connectivity index is 1.64. The summed E-state index contributed by atoms with van der Waals surface area (Å²) >= 11 is 0. The minimum absolute atomic E-state index is 0.0171. The van der Waals surface area contributed by atoms with Gasteiger partial charge in [-0.1, -0.05) is 35.5 Å². The maximum absolute atomic E-state index is 12.5. The van der Waals surface area contributed by atoms with Gasteiger partial charge in [-0.2, -0.15) is 0 Å². The topological polar surface area (TPSA) is 87.5 Å². The third-order valence-electron chi connectivity index (χ3n) is 4.92. The Hall–Kier alpha value is -2.67. The Morgan fingerprint density at radius 1 is 1.30 bits per heavy atom. The number of likely N-dealkylation sites (tertiary alicyclic amines) is 1. The zero-order valence-corrected chi connectivity index (χ0v) is 15.8. The molecule has 2 N–H and O–H groups in total. The number of nitrogens with zero attached hydrogens (tertiary/aromatic N) is 2. The van der Waals surface area contributed by atoms with E-state index in [4.69, 9.17) is 4.52 Å². The molecule has 2 aromatic rings. The van der Waals surface area contributed by atoms with Gasteiger partial charge >= 0.3 is 0 Å². The predicted molar refractivity (Wildman–Crippen MR) is 101 cm³/mol. The van der Waals surface area contributed by atoms with Crippen LogP contribution in [-0.4, -0.2) is 53.6 Å². The summed E-state index contributed by atoms with van der Waals surface area (Å²) in [7, 11) is 0. The zero-order chi connectivity index (χ0) is 19.2. The van der Waals surface area contributed by atoms with E-state index in [1.54, 1.807) is 6.92 Å². The van der Waals surface area contributed by atoms with Gasteiger partial charge in [-0.25, -0.2) is 0 Å². The molecule has 3 rings (SSSR count). The summed E-state index contributed by atoms with van der Waals surface area (Å²) in [6.45, 7) is 5.63. The van der Waals surface area contributed by atoms with Gasteiger partial charge in [0, 0.05) is 25.7 Å². The minimum atomic E-state index is -0.234. The highest BCUT2D eigenvalue weighted by atomic mass is 16.5. The molecule has 1 aliphatic rings. The summed E-state index contributed by atoms with van der Waals surface area (Å²) in [5.74, 6) is 0.300. The largest absolute Gasteiger partial charge is 0.361 e. The monoisotopic (exact) mass is 370 g/mol. The highest BCUT2D eigenvalue weighted by molar-refractivity contribution is 5.95. The fraction of sp³-hybridized carbons (Fsp3) is 0.450. The Labute approximate surface area is 159 Å². The van der Waals surface area contributed by atoms with E-state index < -0.39 is 0 Å². The molecule has 0 spiro atoms. The molecule has 0 bridgehead atoms. The van der Waals surface area contributed by atoms with Crippen LogP contribution in [0.2, 0.25) is 0 Å². The third-order valence-corrected chi connectivity index (χ3v) is 4.92. The van der Waals surface area contributed by atoms with Crippen LogP contribution in [-0.2, 0) is 11.2 Å². The van der Waals surface area contributed by atoms with E-state index in [2.05, 4.69) is 32.8 Å². The number of carbonyl (C=O) groups excluding carboxylic acids is 2. The number of aromatic nitrogens is 1. The number of nitrogens with one attached hydrogen (secondary N) is 2. The lowest BCUT2D eigenvalue weighted by Crippen LogP contribution is -2.43. The number of hydrogen-bond acceptors (Lipinski definition) is 5. The molecule has 2 atom stereocenters. The maximum atomic E-state index is 12.5. The highest BCUT2D eigenvalue weighted by Crippen LogP contribution is 2.20. The number of rotatable bonds is 7. The fourth-order valence-corrected chi connectivity index (χ4v) is 3.52. The first-order valence-corrected chi connectivity index (χ1v) is 9.36. The summed E-state index contributed by atoms with van der Waals surface area (Å²) in [5, 5.41) is 9.58. The van der Waals surface area contributed by atoms with Crippen molar-refractivity contribution in [1.29, 1.82) is 0 Å². The molecule has 0 radical (unpaired) electrons. The Morgan fingerprint density at radius 3 is 2.74 bits per heavy atom. The van der Waals surface area contributed by atoms with E-state index in [0.29, 0.717) is 30.8 Å². The van der Waals surface area contributed by atoms with Crippen LogP contribution in [0.4, 0.5) is 0 Å². The van der Waals surface area contributed by atoms with Crippen LogP contribution in [0.3, 0.4) is 0 Å². The number of carbonyl (C=O) groups is 2. The number of aryl methyl sites for hydroxylation is 1. The molecule has 7 heteroatoms. The van der Waals surface area contributed by atoms with Crippen molar-refractivity contribution in [3.8, 4) is 0 Å². The van der Waals surface area contributed by atoms with Gasteiger partial charge < -0.3 is 15.2 Å². The normalized spacial score (nSPS) is 19.8. The first-order valence-electron chi connectivity index (χ1n) is 9.36. The van der Waals surface area contributed by atoms with Crippen LogP contribution < -0.4 is 10.6 Å². The second-order valence-corrected chi connectivity index (χ2v) is 6.84. The van der Waals surface area contributed by atoms with Crippen LogP contribution in [0.1, 0.15) is 35.0 Å². The molecule has 27 heavy (non-hydrogen) atoms. The van der Waals surface area contributed by atoms with Gasteiger partial charge in [0.1, 0.15) is 11.3 Å². The average Bonchev–Trinajstić information content (AvgIpc) is 3.27. The molecule has 2 heterocycles. The summed E-state index contributed by atoms with van der Waals surface area (Å²) in [4.78, 5) is 27.1. The van der Waals surface area contributed by atoms with Gasteiger partial charge in [-0.3, -0.25) is 14.5 Å². The number of benzene rings is 1. The average molecular weight is 370 g/mol. The van der Waals surface area contributed by atoms with Crippen LogP contribution in [0.5, 0.6) is 0 Å². The van der Waals surface area contributed by atoms with Crippen LogP contribution in [0.15, 0.2) is 41.1 Å². The number of likely N-dealkylation sites (N-methyl/N-ethyl adjacent to an activating group) is 1. The van der Waals surface area contributed by atoms with Crippen molar-refractivity contribution in [1.82, 2.24) is 20.7 Å². The van der Waals surface area contributed by atoms with Gasteiger partial charge in [0.05, 0.1) is 12.2 Å². The molecular formula is C20H26N4O3. The van der Waals surface area contributed by atoms with Crippen LogP contribution >= 0.6 is 0 Å². The lowest BCUT2D eigenvalue weighted by molar-refractivity contribution is -0.125. The lowest BCUT2D eigenvalue weighted by atomic mass is 10.1. The molecule has 1 fully saturated rings. The molecule has 1 aliphatic heterocycles. The van der Waals surface area contributed by atoms with Crippen LogP contribution in [0, 0.1) is 6.92 Å². The van der Waals surface area contributed by atoms with E-state index in [9.17, 15) is 9.59 Å². The molecular weight excluding hydrogens is 344 g/mol. The number of hydrogen-bond donors (Lipinski definition) is 2. The van der Waals surface area contributed by atoms with Crippen molar-refractivity contribution in [2.45, 2.75) is 38.8 Å². The zero-order valence-electron chi connectivity index (χ0n) is 15.8. The van der Waals surface area contributed by atoms with E-state index in [1.807, 2.05) is 25.1 Å². The van der Waals surface area contributed by atoms with Crippen molar-refractivity contribution < 1.29 is 14.1 Å². The second kappa shape index (κ2) is 8.81. The van der Waals surface area contributed by atoms with Gasteiger partial charge in [-0.15, -0.1) is 0 Å². The van der Waals surface area contributed by atoms with Crippen LogP contribution in [0.25, 0.3) is 0 Å². The Kier molecular flexibility index (Phi) is 6.24. The quantitative estimate of drug-likeness (QED) is 0.772. The Bertz CT molecular complexity index is 775. The molecule has 144 valence electrons. The molecule has 1 saturated heterocycles. The maximum Gasteiger partial charge on any atom is 0.256 e. The number of amides is 2. The molecule has 0 aliphatic carbocycles. The summed E-state index contributed by atoms with van der Waals surface area (Å²) < 4.78 is 4.96. The molecule has 1 aromatic carbocycles. The second-order valence-electron chi connectivity index (χ2n) is 6.84. The fourth-order valence-electron chi connectivity index (χ4n) is 3.52. The summed E-state index contributed by atoms with van der Waals surface area (Å²) in [6, 6.07) is 9.89. The molecule has 1 aromatic heterocycles. The van der Waals surface area contributed by atoms with Gasteiger partial charge in [0.2, 0.25) is 5.91 Å².